The fraction of sp³-hybridized carbons (Fsp3) is 0.873. The molecule has 0 aromatic carbocycles. The van der Waals surface area contributed by atoms with E-state index in [1.165, 1.54) is 244 Å². The molecule has 3 N–H and O–H groups in total. The first kappa shape index (κ1) is 67.1. The zero-order valence-corrected chi connectivity index (χ0v) is 46.3. The second-order valence-corrected chi connectivity index (χ2v) is 21.0. The highest BCUT2D eigenvalue weighted by Gasteiger charge is 2.18. The van der Waals surface area contributed by atoms with Gasteiger partial charge in [0.05, 0.1) is 25.4 Å². The topological polar surface area (TPSA) is 95.9 Å². The van der Waals surface area contributed by atoms with Crippen molar-refractivity contribution in [1.29, 1.82) is 0 Å². The van der Waals surface area contributed by atoms with Gasteiger partial charge in [-0.3, -0.25) is 9.59 Å². The molecule has 1 amide bonds. The Balaban J connectivity index is 3.49. The molecule has 6 nitrogen and oxygen atoms in total. The van der Waals surface area contributed by atoms with Crippen molar-refractivity contribution in [2.24, 2.45) is 0 Å². The molecule has 69 heavy (non-hydrogen) atoms. The average molecular weight is 971 g/mol. The Kier molecular flexibility index (Phi) is 57.0. The number of aliphatic hydroxyl groups excluding tert-OH is 2. The van der Waals surface area contributed by atoms with Crippen LogP contribution in [0.3, 0.4) is 0 Å². The summed E-state index contributed by atoms with van der Waals surface area (Å²) in [5.74, 6) is -0.0886. The van der Waals surface area contributed by atoms with Crippen molar-refractivity contribution in [1.82, 2.24) is 5.32 Å². The van der Waals surface area contributed by atoms with E-state index in [4.69, 9.17) is 4.74 Å². The van der Waals surface area contributed by atoms with E-state index in [1.54, 1.807) is 6.08 Å². The lowest BCUT2D eigenvalue weighted by Crippen LogP contribution is -2.45. The molecule has 6 heteroatoms. The summed E-state index contributed by atoms with van der Waals surface area (Å²) in [4.78, 5) is 24.5. The van der Waals surface area contributed by atoms with Crippen LogP contribution in [0.2, 0.25) is 0 Å². The summed E-state index contributed by atoms with van der Waals surface area (Å²) in [6, 6.07) is -0.638. The number of rotatable bonds is 57. The number of ether oxygens (including phenoxy) is 1. The summed E-state index contributed by atoms with van der Waals surface area (Å²) in [5, 5.41) is 23.2. The second-order valence-electron chi connectivity index (χ2n) is 21.0. The van der Waals surface area contributed by atoms with Crippen LogP contribution in [0.25, 0.3) is 0 Å². The maximum Gasteiger partial charge on any atom is 0.305 e. The van der Waals surface area contributed by atoms with Gasteiger partial charge in [-0.25, -0.2) is 0 Å². The first-order valence-electron chi connectivity index (χ1n) is 30.8. The first-order valence-corrected chi connectivity index (χ1v) is 30.8. The van der Waals surface area contributed by atoms with Crippen molar-refractivity contribution >= 4 is 11.9 Å². The number of carbonyl (C=O) groups excluding carboxylic acids is 2. The van der Waals surface area contributed by atoms with E-state index in [-0.39, 0.29) is 18.5 Å². The van der Waals surface area contributed by atoms with Crippen molar-refractivity contribution in [3.05, 3.63) is 36.5 Å². The molecule has 0 aromatic rings. The van der Waals surface area contributed by atoms with Gasteiger partial charge in [-0.2, -0.15) is 0 Å². The van der Waals surface area contributed by atoms with E-state index >= 15 is 0 Å². The van der Waals surface area contributed by atoms with Gasteiger partial charge < -0.3 is 20.3 Å². The minimum absolute atomic E-state index is 0.0105. The summed E-state index contributed by atoms with van der Waals surface area (Å²) < 4.78 is 5.47. The number of nitrogens with one attached hydrogen (secondary N) is 1. The highest BCUT2D eigenvalue weighted by atomic mass is 16.5. The number of aliphatic hydroxyl groups is 2. The third-order valence-corrected chi connectivity index (χ3v) is 14.1. The Labute approximate surface area is 430 Å². The highest BCUT2D eigenvalue weighted by molar-refractivity contribution is 5.76. The SMILES string of the molecule is CCCCCCCC/C=C\CCCCCCCC(=O)OCCCCCCCC/C=C\CCCCCCCCCC(=O)NC(CO)C(O)/C=C/CCCCCCCCCCCCCCCCCCCC. The molecule has 0 aliphatic carbocycles. The van der Waals surface area contributed by atoms with Gasteiger partial charge in [-0.05, 0) is 83.5 Å². The van der Waals surface area contributed by atoms with Crippen LogP contribution in [0.15, 0.2) is 36.5 Å². The minimum atomic E-state index is -0.854. The molecule has 0 aliphatic rings. The van der Waals surface area contributed by atoms with Crippen LogP contribution in [0.5, 0.6) is 0 Å². The highest BCUT2D eigenvalue weighted by Crippen LogP contribution is 2.17. The van der Waals surface area contributed by atoms with E-state index in [0.29, 0.717) is 19.4 Å². The first-order chi connectivity index (χ1) is 34.0. The largest absolute Gasteiger partial charge is 0.466 e. The van der Waals surface area contributed by atoms with Crippen LogP contribution in [-0.4, -0.2) is 47.4 Å². The summed E-state index contributed by atoms with van der Waals surface area (Å²) in [5.41, 5.74) is 0. The number of hydrogen-bond acceptors (Lipinski definition) is 5. The molecule has 0 heterocycles. The molecule has 0 aliphatic heterocycles. The van der Waals surface area contributed by atoms with Crippen LogP contribution in [-0.2, 0) is 14.3 Å². The maximum atomic E-state index is 12.5. The molecule has 2 unspecified atom stereocenters. The molecule has 0 saturated heterocycles. The summed E-state index contributed by atoms with van der Waals surface area (Å²) in [7, 11) is 0. The number of carbonyl (C=O) groups is 2. The number of esters is 1. The average Bonchev–Trinajstić information content (AvgIpc) is 3.35. The van der Waals surface area contributed by atoms with Crippen LogP contribution >= 0.6 is 0 Å². The summed E-state index contributed by atoms with van der Waals surface area (Å²) in [6.07, 6.45) is 73.2. The molecular formula is C63H119NO5. The number of allylic oxidation sites excluding steroid dienone is 5. The quantitative estimate of drug-likeness (QED) is 0.0321. The maximum absolute atomic E-state index is 12.5. The lowest BCUT2D eigenvalue weighted by molar-refractivity contribution is -0.143. The zero-order chi connectivity index (χ0) is 50.0. The van der Waals surface area contributed by atoms with E-state index in [9.17, 15) is 19.8 Å². The molecular weight excluding hydrogens is 851 g/mol. The fourth-order valence-electron chi connectivity index (χ4n) is 9.39. The molecule has 406 valence electrons. The minimum Gasteiger partial charge on any atom is -0.466 e. The molecule has 0 rings (SSSR count). The molecule has 0 saturated carbocycles. The van der Waals surface area contributed by atoms with Gasteiger partial charge in [0, 0.05) is 12.8 Å². The Morgan fingerprint density at radius 1 is 0.391 bits per heavy atom. The molecule has 0 bridgehead atoms. The number of amides is 1. The third-order valence-electron chi connectivity index (χ3n) is 14.1. The molecule has 2 atom stereocenters. The van der Waals surface area contributed by atoms with Gasteiger partial charge in [-0.15, -0.1) is 0 Å². The van der Waals surface area contributed by atoms with Gasteiger partial charge >= 0.3 is 5.97 Å². The Hall–Kier alpha value is -1.92. The van der Waals surface area contributed by atoms with E-state index in [1.807, 2.05) is 6.08 Å². The van der Waals surface area contributed by atoms with E-state index < -0.39 is 12.1 Å². The Morgan fingerprint density at radius 2 is 0.681 bits per heavy atom. The Morgan fingerprint density at radius 3 is 1.03 bits per heavy atom. The smallest absolute Gasteiger partial charge is 0.305 e. The van der Waals surface area contributed by atoms with Gasteiger partial charge in [0.2, 0.25) is 5.91 Å². The van der Waals surface area contributed by atoms with Gasteiger partial charge in [-0.1, -0.05) is 269 Å². The van der Waals surface area contributed by atoms with Crippen molar-refractivity contribution in [2.45, 2.75) is 341 Å². The van der Waals surface area contributed by atoms with Crippen molar-refractivity contribution < 1.29 is 24.5 Å². The van der Waals surface area contributed by atoms with Crippen LogP contribution in [0.1, 0.15) is 328 Å². The van der Waals surface area contributed by atoms with Gasteiger partial charge in [0.25, 0.3) is 0 Å². The lowest BCUT2D eigenvalue weighted by atomic mass is 10.0. The lowest BCUT2D eigenvalue weighted by Gasteiger charge is -2.20. The normalized spacial score (nSPS) is 12.8. The second kappa shape index (κ2) is 58.6. The number of hydrogen-bond donors (Lipinski definition) is 3. The van der Waals surface area contributed by atoms with Crippen LogP contribution in [0.4, 0.5) is 0 Å². The van der Waals surface area contributed by atoms with Gasteiger partial charge in [0.15, 0.2) is 0 Å². The summed E-state index contributed by atoms with van der Waals surface area (Å²) >= 11 is 0. The molecule has 0 aromatic heterocycles. The van der Waals surface area contributed by atoms with Gasteiger partial charge in [0.1, 0.15) is 0 Å². The van der Waals surface area contributed by atoms with Crippen LogP contribution in [0, 0.1) is 0 Å². The third kappa shape index (κ3) is 55.2. The zero-order valence-electron chi connectivity index (χ0n) is 46.3. The fourth-order valence-corrected chi connectivity index (χ4v) is 9.39. The van der Waals surface area contributed by atoms with Crippen molar-refractivity contribution in [2.75, 3.05) is 13.2 Å². The van der Waals surface area contributed by atoms with Crippen molar-refractivity contribution in [3.8, 4) is 0 Å². The monoisotopic (exact) mass is 970 g/mol. The van der Waals surface area contributed by atoms with Crippen molar-refractivity contribution in [3.63, 3.8) is 0 Å². The van der Waals surface area contributed by atoms with E-state index in [0.717, 1.165) is 57.8 Å². The predicted molar refractivity (Wildman–Crippen MR) is 301 cm³/mol. The number of unbranched alkanes of at least 4 members (excludes halogenated alkanes) is 42. The summed E-state index contributed by atoms with van der Waals surface area (Å²) in [6.45, 7) is 4.89. The standard InChI is InChI=1S/C63H119NO5/c1-3-5-7-9-11-13-15-17-19-20-21-22-24-28-31-35-39-43-47-51-55-61(66)60(59-65)64-62(67)56-52-48-44-40-36-32-29-25-23-26-30-34-38-42-46-50-54-58-69-63(68)57-53-49-45-41-37-33-27-18-16-14-12-10-8-6-4-2/h18,23,26-27,51,55,60-61,65-66H,3-17,19-22,24-25,28-50,52-54,56-59H2,1-2H3,(H,64,67)/b26-23-,27-18-,55-51+. The molecule has 0 radical (unpaired) electrons. The predicted octanol–water partition coefficient (Wildman–Crippen LogP) is 19.2. The van der Waals surface area contributed by atoms with E-state index in [2.05, 4.69) is 43.5 Å². The Bertz CT molecular complexity index is 1120. The van der Waals surface area contributed by atoms with Crippen LogP contribution < -0.4 is 5.32 Å². The molecule has 0 fully saturated rings. The molecule has 0 spiro atoms.